The first kappa shape index (κ1) is 21.3. The molecular weight excluding hydrogens is 356 g/mol. The molecule has 28 heavy (non-hydrogen) atoms. The van der Waals surface area contributed by atoms with Gasteiger partial charge in [0.2, 0.25) is 0 Å². The van der Waals surface area contributed by atoms with E-state index in [9.17, 15) is 4.79 Å². The Morgan fingerprint density at radius 2 is 1.61 bits per heavy atom. The topological polar surface area (TPSA) is 113 Å². The molecule has 0 saturated carbocycles. The van der Waals surface area contributed by atoms with Crippen LogP contribution in [0.15, 0.2) is 60.9 Å². The monoisotopic (exact) mass is 382 g/mol. The highest BCUT2D eigenvalue weighted by Crippen LogP contribution is 2.25. The second-order valence-corrected chi connectivity index (χ2v) is 6.29. The molecule has 0 saturated heterocycles. The number of nitrogens with zero attached hydrogens (tertiary/aromatic N) is 3. The average Bonchev–Trinajstić information content (AvgIpc) is 2.75. The second kappa shape index (κ2) is 11.6. The lowest BCUT2D eigenvalue weighted by molar-refractivity contribution is -0.137. The van der Waals surface area contributed by atoms with Crippen LogP contribution in [0.1, 0.15) is 32.1 Å². The van der Waals surface area contributed by atoms with Crippen molar-refractivity contribution >= 4 is 28.4 Å². The standard InChI is InChI=1S/C21H23N3O2.H3NO/c25-21(26)12-3-1-2-8-14-24(19-11-6-7-13-22-19)20-15-17-9-4-5-10-18(17)16-23-20;1-2/h4-7,9-11,13,15-16H,1-3,8,12,14H2,(H,25,26);2H,1H2. The lowest BCUT2D eigenvalue weighted by Crippen LogP contribution is -2.20. The summed E-state index contributed by atoms with van der Waals surface area (Å²) in [6.45, 7) is 0.801. The largest absolute Gasteiger partial charge is 0.481 e. The van der Waals surface area contributed by atoms with Crippen molar-refractivity contribution in [2.75, 3.05) is 11.4 Å². The minimum absolute atomic E-state index is 0.246. The van der Waals surface area contributed by atoms with Gasteiger partial charge < -0.3 is 15.2 Å². The van der Waals surface area contributed by atoms with E-state index in [2.05, 4.69) is 39.0 Å². The quantitative estimate of drug-likeness (QED) is 0.376. The van der Waals surface area contributed by atoms with Gasteiger partial charge in [0.05, 0.1) is 0 Å². The Kier molecular flexibility index (Phi) is 8.84. The zero-order valence-electron chi connectivity index (χ0n) is 15.7. The van der Waals surface area contributed by atoms with Gasteiger partial charge in [-0.3, -0.25) is 4.79 Å². The summed E-state index contributed by atoms with van der Waals surface area (Å²) >= 11 is 0. The van der Waals surface area contributed by atoms with E-state index in [-0.39, 0.29) is 6.42 Å². The second-order valence-electron chi connectivity index (χ2n) is 6.29. The Labute approximate surface area is 164 Å². The highest BCUT2D eigenvalue weighted by Gasteiger charge is 2.12. The summed E-state index contributed by atoms with van der Waals surface area (Å²) in [4.78, 5) is 21.8. The SMILES string of the molecule is NO.O=C(O)CCCCCCN(c1ccccn1)c1cc2ccccc2cn1. The van der Waals surface area contributed by atoms with E-state index >= 15 is 0 Å². The molecule has 0 aliphatic rings. The molecule has 3 aromatic rings. The molecule has 0 bridgehead atoms. The molecule has 0 spiro atoms. The van der Waals surface area contributed by atoms with Crippen LogP contribution in [0.5, 0.6) is 0 Å². The van der Waals surface area contributed by atoms with Crippen LogP contribution in [0.2, 0.25) is 0 Å². The number of benzene rings is 1. The lowest BCUT2D eigenvalue weighted by atomic mass is 10.1. The maximum atomic E-state index is 10.6. The van der Waals surface area contributed by atoms with Gasteiger partial charge in [0.1, 0.15) is 11.6 Å². The molecule has 1 aromatic carbocycles. The van der Waals surface area contributed by atoms with Gasteiger partial charge in [-0.2, -0.15) is 0 Å². The number of carboxylic acid groups (broad SMARTS) is 1. The third-order valence-electron chi connectivity index (χ3n) is 4.34. The molecule has 0 atom stereocenters. The van der Waals surface area contributed by atoms with Crippen LogP contribution in [0, 0.1) is 0 Å². The van der Waals surface area contributed by atoms with Gasteiger partial charge in [-0.15, -0.1) is 0 Å². The summed E-state index contributed by atoms with van der Waals surface area (Å²) in [6, 6.07) is 16.1. The molecule has 4 N–H and O–H groups in total. The number of pyridine rings is 2. The smallest absolute Gasteiger partial charge is 0.303 e. The summed E-state index contributed by atoms with van der Waals surface area (Å²) in [5.74, 6) is 4.54. The van der Waals surface area contributed by atoms with Crippen LogP contribution in [0.3, 0.4) is 0 Å². The number of unbranched alkanes of at least 4 members (excludes halogenated alkanes) is 3. The first-order valence-electron chi connectivity index (χ1n) is 9.25. The molecule has 0 amide bonds. The minimum Gasteiger partial charge on any atom is -0.481 e. The van der Waals surface area contributed by atoms with E-state index < -0.39 is 5.97 Å². The van der Waals surface area contributed by atoms with Gasteiger partial charge in [-0.25, -0.2) is 15.9 Å². The zero-order chi connectivity index (χ0) is 20.2. The summed E-state index contributed by atoms with van der Waals surface area (Å²) in [7, 11) is 0. The van der Waals surface area contributed by atoms with Gasteiger partial charge in [-0.05, 0) is 36.4 Å². The van der Waals surface area contributed by atoms with Gasteiger partial charge in [-0.1, -0.05) is 43.2 Å². The third-order valence-corrected chi connectivity index (χ3v) is 4.34. The highest BCUT2D eigenvalue weighted by molar-refractivity contribution is 5.84. The van der Waals surface area contributed by atoms with Crippen molar-refractivity contribution in [2.24, 2.45) is 5.90 Å². The fourth-order valence-corrected chi connectivity index (χ4v) is 2.98. The molecule has 2 heterocycles. The number of carbonyl (C=O) groups is 1. The molecule has 7 heteroatoms. The molecule has 3 rings (SSSR count). The van der Waals surface area contributed by atoms with Gasteiger partial charge >= 0.3 is 5.97 Å². The molecule has 7 nitrogen and oxygen atoms in total. The summed E-state index contributed by atoms with van der Waals surface area (Å²) in [6.07, 6.45) is 7.54. The van der Waals surface area contributed by atoms with E-state index in [0.717, 1.165) is 54.6 Å². The Hall–Kier alpha value is -3.03. The number of hydrogen-bond acceptors (Lipinski definition) is 6. The summed E-state index contributed by atoms with van der Waals surface area (Å²) in [5.41, 5.74) is 0. The first-order chi connectivity index (χ1) is 13.7. The molecule has 148 valence electrons. The van der Waals surface area contributed by atoms with Crippen molar-refractivity contribution in [2.45, 2.75) is 32.1 Å². The molecule has 2 aromatic heterocycles. The molecule has 0 aliphatic carbocycles. The van der Waals surface area contributed by atoms with Crippen molar-refractivity contribution in [1.82, 2.24) is 9.97 Å². The number of rotatable bonds is 9. The molecule has 0 radical (unpaired) electrons. The number of nitrogens with two attached hydrogens (primary N) is 1. The van der Waals surface area contributed by atoms with Crippen molar-refractivity contribution in [3.8, 4) is 0 Å². The predicted molar refractivity (Wildman–Crippen MR) is 110 cm³/mol. The van der Waals surface area contributed by atoms with Crippen molar-refractivity contribution in [3.05, 3.63) is 60.9 Å². The van der Waals surface area contributed by atoms with E-state index in [1.165, 1.54) is 0 Å². The number of carboxylic acids is 1. The summed E-state index contributed by atoms with van der Waals surface area (Å²) in [5, 5.41) is 17.5. The summed E-state index contributed by atoms with van der Waals surface area (Å²) < 4.78 is 0. The molecule has 0 aliphatic heterocycles. The Balaban J connectivity index is 0.00000136. The maximum Gasteiger partial charge on any atom is 0.303 e. The highest BCUT2D eigenvalue weighted by atomic mass is 16.4. The first-order valence-corrected chi connectivity index (χ1v) is 9.25. The lowest BCUT2D eigenvalue weighted by Gasteiger charge is -2.23. The number of aliphatic carboxylic acids is 1. The maximum absolute atomic E-state index is 10.6. The van der Waals surface area contributed by atoms with E-state index in [1.807, 2.05) is 36.5 Å². The third kappa shape index (κ3) is 6.29. The Morgan fingerprint density at radius 3 is 2.32 bits per heavy atom. The number of aromatic nitrogens is 2. The fourth-order valence-electron chi connectivity index (χ4n) is 2.98. The number of hydrogen-bond donors (Lipinski definition) is 3. The van der Waals surface area contributed by atoms with Gasteiger partial charge in [0.25, 0.3) is 0 Å². The fraction of sp³-hybridized carbons (Fsp3) is 0.286. The van der Waals surface area contributed by atoms with Crippen molar-refractivity contribution < 1.29 is 15.1 Å². The van der Waals surface area contributed by atoms with Crippen LogP contribution in [-0.4, -0.2) is 32.8 Å². The molecule has 0 unspecified atom stereocenters. The number of fused-ring (bicyclic) bond motifs is 1. The van der Waals surface area contributed by atoms with Crippen molar-refractivity contribution in [3.63, 3.8) is 0 Å². The van der Waals surface area contributed by atoms with E-state index in [4.69, 9.17) is 10.3 Å². The van der Waals surface area contributed by atoms with E-state index in [1.54, 1.807) is 6.20 Å². The minimum atomic E-state index is -0.722. The van der Waals surface area contributed by atoms with Gasteiger partial charge in [0.15, 0.2) is 0 Å². The zero-order valence-corrected chi connectivity index (χ0v) is 15.7. The van der Waals surface area contributed by atoms with Crippen LogP contribution in [-0.2, 0) is 4.79 Å². The van der Waals surface area contributed by atoms with Crippen LogP contribution in [0.25, 0.3) is 10.8 Å². The van der Waals surface area contributed by atoms with Crippen LogP contribution in [0.4, 0.5) is 11.6 Å². The van der Waals surface area contributed by atoms with E-state index in [0.29, 0.717) is 0 Å². The van der Waals surface area contributed by atoms with Gasteiger partial charge in [0, 0.05) is 30.7 Å². The average molecular weight is 382 g/mol. The Morgan fingerprint density at radius 1 is 0.893 bits per heavy atom. The number of anilines is 2. The van der Waals surface area contributed by atoms with Crippen molar-refractivity contribution in [1.29, 1.82) is 0 Å². The molecular formula is C21H26N4O3. The Bertz CT molecular complexity index is 858. The predicted octanol–water partition coefficient (Wildman–Crippen LogP) is 4.14. The van der Waals surface area contributed by atoms with Crippen LogP contribution >= 0.6 is 0 Å². The molecule has 0 fully saturated rings. The normalized spacial score (nSPS) is 10.2. The van der Waals surface area contributed by atoms with Crippen LogP contribution < -0.4 is 10.8 Å².